The van der Waals surface area contributed by atoms with E-state index in [1.54, 1.807) is 31.7 Å². The molecule has 0 unspecified atom stereocenters. The molecule has 0 aromatic carbocycles. The molecule has 0 saturated carbocycles. The lowest BCUT2D eigenvalue weighted by Crippen LogP contribution is -2.09. The summed E-state index contributed by atoms with van der Waals surface area (Å²) in [5.41, 5.74) is 2.59. The molecule has 3 heterocycles. The predicted molar refractivity (Wildman–Crippen MR) is 94.0 cm³/mol. The molecule has 0 bridgehead atoms. The lowest BCUT2D eigenvalue weighted by molar-refractivity contribution is 0.974. The summed E-state index contributed by atoms with van der Waals surface area (Å²) in [5.74, 6) is 1.22. The Labute approximate surface area is 144 Å². The van der Waals surface area contributed by atoms with E-state index in [-0.39, 0.29) is 5.28 Å². The van der Waals surface area contributed by atoms with Crippen LogP contribution in [0.1, 0.15) is 5.56 Å². The first kappa shape index (κ1) is 16.1. The van der Waals surface area contributed by atoms with Gasteiger partial charge in [-0.05, 0) is 35.7 Å². The summed E-state index contributed by atoms with van der Waals surface area (Å²) in [4.78, 5) is 21.0. The number of nitrogens with one attached hydrogen (secondary N) is 2. The van der Waals surface area contributed by atoms with Crippen molar-refractivity contribution in [1.29, 1.82) is 0 Å². The minimum absolute atomic E-state index is 0.188. The Bertz CT molecular complexity index is 811. The third-order valence-corrected chi connectivity index (χ3v) is 3.53. The van der Waals surface area contributed by atoms with Crippen molar-refractivity contribution in [3.63, 3.8) is 0 Å². The fourth-order valence-corrected chi connectivity index (χ4v) is 2.34. The van der Waals surface area contributed by atoms with Gasteiger partial charge in [0.2, 0.25) is 11.2 Å². The Balaban J connectivity index is 1.72. The molecule has 2 N–H and O–H groups in total. The molecule has 3 aromatic rings. The second-order valence-electron chi connectivity index (χ2n) is 4.95. The molecule has 24 heavy (non-hydrogen) atoms. The van der Waals surface area contributed by atoms with E-state index in [0.29, 0.717) is 24.0 Å². The van der Waals surface area contributed by atoms with Crippen molar-refractivity contribution < 1.29 is 0 Å². The van der Waals surface area contributed by atoms with Crippen LogP contribution in [0.25, 0.3) is 11.3 Å². The van der Waals surface area contributed by atoms with Gasteiger partial charge < -0.3 is 10.6 Å². The summed E-state index contributed by atoms with van der Waals surface area (Å²) in [6, 6.07) is 5.73. The number of aromatic nitrogens is 5. The van der Waals surface area contributed by atoms with Gasteiger partial charge in [0.15, 0.2) is 0 Å². The molecule has 3 rings (SSSR count). The van der Waals surface area contributed by atoms with E-state index in [2.05, 4.69) is 35.6 Å². The molecule has 0 aliphatic heterocycles. The smallest absolute Gasteiger partial charge is 0.224 e. The fourth-order valence-electron chi connectivity index (χ4n) is 2.19. The monoisotopic (exact) mass is 341 g/mol. The maximum absolute atomic E-state index is 5.85. The maximum Gasteiger partial charge on any atom is 0.224 e. The molecule has 3 aromatic heterocycles. The van der Waals surface area contributed by atoms with Gasteiger partial charge in [-0.2, -0.15) is 4.98 Å². The van der Waals surface area contributed by atoms with Crippen LogP contribution in [0.5, 0.6) is 0 Å². The Morgan fingerprint density at radius 1 is 1.08 bits per heavy atom. The molecular weight excluding hydrogens is 326 g/mol. The van der Waals surface area contributed by atoms with Crippen molar-refractivity contribution in [3.8, 4) is 11.3 Å². The van der Waals surface area contributed by atoms with E-state index >= 15 is 0 Å². The fraction of sp³-hybridized carbons (Fsp3) is 0.188. The second-order valence-corrected chi connectivity index (χ2v) is 5.29. The summed E-state index contributed by atoms with van der Waals surface area (Å²) in [6.45, 7) is 0.716. The zero-order chi connectivity index (χ0) is 16.8. The molecule has 0 saturated heterocycles. The first-order valence-electron chi connectivity index (χ1n) is 7.43. The molecule has 0 atom stereocenters. The van der Waals surface area contributed by atoms with Gasteiger partial charge in [-0.25, -0.2) is 15.0 Å². The number of anilines is 2. The van der Waals surface area contributed by atoms with E-state index in [1.165, 1.54) is 0 Å². The van der Waals surface area contributed by atoms with Crippen LogP contribution in [0.4, 0.5) is 11.8 Å². The summed E-state index contributed by atoms with van der Waals surface area (Å²) < 4.78 is 0. The summed E-state index contributed by atoms with van der Waals surface area (Å²) in [6.07, 6.45) is 7.77. The number of halogens is 1. The van der Waals surface area contributed by atoms with Crippen molar-refractivity contribution in [1.82, 2.24) is 24.9 Å². The molecule has 7 nitrogen and oxygen atoms in total. The van der Waals surface area contributed by atoms with Crippen LogP contribution < -0.4 is 10.6 Å². The van der Waals surface area contributed by atoms with E-state index in [1.807, 2.05) is 18.3 Å². The Kier molecular flexibility index (Phi) is 5.12. The SMILES string of the molecule is CNc1nc(NCCc2cccnc2)ncc1-c1ccnc(Cl)n1. The van der Waals surface area contributed by atoms with Crippen LogP contribution in [0, 0.1) is 0 Å². The van der Waals surface area contributed by atoms with Crippen LogP contribution in [0.15, 0.2) is 43.0 Å². The summed E-state index contributed by atoms with van der Waals surface area (Å²) in [7, 11) is 1.80. The van der Waals surface area contributed by atoms with Gasteiger partial charge in [-0.1, -0.05) is 6.07 Å². The highest BCUT2D eigenvalue weighted by Crippen LogP contribution is 2.25. The summed E-state index contributed by atoms with van der Waals surface area (Å²) in [5, 5.41) is 6.45. The average molecular weight is 342 g/mol. The quantitative estimate of drug-likeness (QED) is 0.666. The third kappa shape index (κ3) is 3.94. The van der Waals surface area contributed by atoms with Crippen LogP contribution in [-0.2, 0) is 6.42 Å². The normalized spacial score (nSPS) is 10.4. The van der Waals surface area contributed by atoms with Gasteiger partial charge >= 0.3 is 0 Å². The van der Waals surface area contributed by atoms with Crippen LogP contribution >= 0.6 is 11.6 Å². The lowest BCUT2D eigenvalue weighted by atomic mass is 10.2. The molecule has 0 amide bonds. The number of rotatable bonds is 6. The zero-order valence-electron chi connectivity index (χ0n) is 13.1. The number of hydrogen-bond donors (Lipinski definition) is 2. The van der Waals surface area contributed by atoms with Gasteiger partial charge in [-0.15, -0.1) is 0 Å². The first-order chi connectivity index (χ1) is 11.8. The highest BCUT2D eigenvalue weighted by molar-refractivity contribution is 6.28. The Morgan fingerprint density at radius 3 is 2.75 bits per heavy atom. The first-order valence-corrected chi connectivity index (χ1v) is 7.80. The van der Waals surface area contributed by atoms with Crippen molar-refractivity contribution in [2.75, 3.05) is 24.2 Å². The van der Waals surface area contributed by atoms with E-state index in [4.69, 9.17) is 11.6 Å². The van der Waals surface area contributed by atoms with Crippen LogP contribution in [0.2, 0.25) is 5.28 Å². The highest BCUT2D eigenvalue weighted by atomic mass is 35.5. The average Bonchev–Trinajstić information content (AvgIpc) is 2.62. The third-order valence-electron chi connectivity index (χ3n) is 3.35. The molecule has 0 fully saturated rings. The second kappa shape index (κ2) is 7.65. The van der Waals surface area contributed by atoms with E-state index in [0.717, 1.165) is 17.5 Å². The lowest BCUT2D eigenvalue weighted by Gasteiger charge is -2.10. The predicted octanol–water partition coefficient (Wildman–Crippen LogP) is 2.68. The van der Waals surface area contributed by atoms with Crippen molar-refractivity contribution in [3.05, 3.63) is 53.8 Å². The number of hydrogen-bond acceptors (Lipinski definition) is 7. The largest absolute Gasteiger partial charge is 0.372 e. The van der Waals surface area contributed by atoms with E-state index < -0.39 is 0 Å². The van der Waals surface area contributed by atoms with Gasteiger partial charge in [0.05, 0.1) is 11.3 Å². The summed E-state index contributed by atoms with van der Waals surface area (Å²) >= 11 is 5.85. The van der Waals surface area contributed by atoms with Crippen LogP contribution in [0.3, 0.4) is 0 Å². The minimum atomic E-state index is 0.188. The topological polar surface area (TPSA) is 88.5 Å². The van der Waals surface area contributed by atoms with Crippen LogP contribution in [-0.4, -0.2) is 38.5 Å². The molecule has 0 aliphatic rings. The van der Waals surface area contributed by atoms with Gasteiger partial charge in [-0.3, -0.25) is 4.98 Å². The van der Waals surface area contributed by atoms with Crippen molar-refractivity contribution in [2.24, 2.45) is 0 Å². The molecule has 8 heteroatoms. The molecule has 0 radical (unpaired) electrons. The standard InChI is InChI=1S/C16H16ClN7/c1-18-14-12(13-5-8-20-15(17)23-13)10-22-16(24-14)21-7-4-11-3-2-6-19-9-11/h2-3,5-6,8-10H,4,7H2,1H3,(H2,18,21,22,24). The maximum atomic E-state index is 5.85. The zero-order valence-corrected chi connectivity index (χ0v) is 13.8. The van der Waals surface area contributed by atoms with Gasteiger partial charge in [0, 0.05) is 38.4 Å². The molecule has 0 spiro atoms. The minimum Gasteiger partial charge on any atom is -0.372 e. The Hall–Kier alpha value is -2.80. The number of nitrogens with zero attached hydrogens (tertiary/aromatic N) is 5. The van der Waals surface area contributed by atoms with Gasteiger partial charge in [0.1, 0.15) is 5.82 Å². The van der Waals surface area contributed by atoms with Crippen molar-refractivity contribution in [2.45, 2.75) is 6.42 Å². The van der Waals surface area contributed by atoms with Gasteiger partial charge in [0.25, 0.3) is 0 Å². The van der Waals surface area contributed by atoms with Crippen molar-refractivity contribution >= 4 is 23.4 Å². The molecule has 122 valence electrons. The number of pyridine rings is 1. The van der Waals surface area contributed by atoms with E-state index in [9.17, 15) is 0 Å². The Morgan fingerprint density at radius 2 is 2.00 bits per heavy atom. The highest BCUT2D eigenvalue weighted by Gasteiger charge is 2.10. The molecular formula is C16H16ClN7. The molecule has 0 aliphatic carbocycles.